The standard InChI is InChI=1S/C21H25NO3/c1-15-11-17-4-5-19(23-2)13-18(17)7-8-22(15)14-16-3-6-20-21(12-16)25-10-9-24-20/h3-6,12-13,15H,7-11,14H2,1-2H3/t15-/m1/s1. The van der Waals surface area contributed by atoms with Crippen LogP contribution in [0, 0.1) is 0 Å². The van der Waals surface area contributed by atoms with Crippen molar-refractivity contribution in [2.24, 2.45) is 0 Å². The largest absolute Gasteiger partial charge is 0.497 e. The summed E-state index contributed by atoms with van der Waals surface area (Å²) in [5.41, 5.74) is 4.13. The van der Waals surface area contributed by atoms with Crippen LogP contribution in [0.25, 0.3) is 0 Å². The highest BCUT2D eigenvalue weighted by Gasteiger charge is 2.22. The number of ether oxygens (including phenoxy) is 3. The van der Waals surface area contributed by atoms with E-state index < -0.39 is 0 Å². The van der Waals surface area contributed by atoms with Crippen molar-refractivity contribution in [2.45, 2.75) is 32.4 Å². The molecular weight excluding hydrogens is 314 g/mol. The van der Waals surface area contributed by atoms with E-state index >= 15 is 0 Å². The minimum absolute atomic E-state index is 0.503. The average molecular weight is 339 g/mol. The van der Waals surface area contributed by atoms with Gasteiger partial charge in [0.15, 0.2) is 11.5 Å². The lowest BCUT2D eigenvalue weighted by molar-refractivity contribution is 0.170. The van der Waals surface area contributed by atoms with Crippen molar-refractivity contribution in [3.8, 4) is 17.2 Å². The maximum absolute atomic E-state index is 5.72. The van der Waals surface area contributed by atoms with E-state index in [0.29, 0.717) is 19.3 Å². The van der Waals surface area contributed by atoms with Gasteiger partial charge in [0.25, 0.3) is 0 Å². The fraction of sp³-hybridized carbons (Fsp3) is 0.429. The van der Waals surface area contributed by atoms with E-state index in [4.69, 9.17) is 14.2 Å². The van der Waals surface area contributed by atoms with E-state index in [2.05, 4.69) is 42.2 Å². The Kier molecular flexibility index (Phi) is 4.53. The Morgan fingerprint density at radius 2 is 1.88 bits per heavy atom. The van der Waals surface area contributed by atoms with Crippen molar-refractivity contribution >= 4 is 0 Å². The maximum Gasteiger partial charge on any atom is 0.161 e. The van der Waals surface area contributed by atoms with Crippen LogP contribution in [0.5, 0.6) is 17.2 Å². The first kappa shape index (κ1) is 16.3. The summed E-state index contributed by atoms with van der Waals surface area (Å²) >= 11 is 0. The van der Waals surface area contributed by atoms with Crippen LogP contribution in [0.15, 0.2) is 36.4 Å². The van der Waals surface area contributed by atoms with Crippen molar-refractivity contribution in [3.05, 3.63) is 53.1 Å². The van der Waals surface area contributed by atoms with E-state index in [1.807, 2.05) is 6.07 Å². The highest BCUT2D eigenvalue weighted by Crippen LogP contribution is 2.32. The zero-order valence-corrected chi connectivity index (χ0v) is 15.0. The molecule has 0 unspecified atom stereocenters. The molecule has 0 spiro atoms. The van der Waals surface area contributed by atoms with Crippen molar-refractivity contribution in [1.29, 1.82) is 0 Å². The summed E-state index contributed by atoms with van der Waals surface area (Å²) < 4.78 is 16.7. The fourth-order valence-corrected chi connectivity index (χ4v) is 3.75. The summed E-state index contributed by atoms with van der Waals surface area (Å²) in [5, 5.41) is 0. The van der Waals surface area contributed by atoms with Gasteiger partial charge in [-0.15, -0.1) is 0 Å². The molecule has 0 aliphatic carbocycles. The monoisotopic (exact) mass is 339 g/mol. The zero-order valence-electron chi connectivity index (χ0n) is 15.0. The topological polar surface area (TPSA) is 30.9 Å². The van der Waals surface area contributed by atoms with Crippen LogP contribution < -0.4 is 14.2 Å². The van der Waals surface area contributed by atoms with Gasteiger partial charge < -0.3 is 14.2 Å². The Hall–Kier alpha value is -2.20. The summed E-state index contributed by atoms with van der Waals surface area (Å²) in [6.45, 7) is 5.57. The minimum Gasteiger partial charge on any atom is -0.497 e. The number of methoxy groups -OCH3 is 1. The Morgan fingerprint density at radius 3 is 2.72 bits per heavy atom. The zero-order chi connectivity index (χ0) is 17.2. The molecule has 0 fully saturated rings. The van der Waals surface area contributed by atoms with Crippen LogP contribution in [0.4, 0.5) is 0 Å². The summed E-state index contributed by atoms with van der Waals surface area (Å²) in [6, 6.07) is 13.3. The summed E-state index contributed by atoms with van der Waals surface area (Å²) in [7, 11) is 1.73. The van der Waals surface area contributed by atoms with Gasteiger partial charge in [-0.05, 0) is 60.7 Å². The Morgan fingerprint density at radius 1 is 1.04 bits per heavy atom. The van der Waals surface area contributed by atoms with E-state index in [9.17, 15) is 0 Å². The van der Waals surface area contributed by atoms with Gasteiger partial charge in [0.1, 0.15) is 19.0 Å². The predicted molar refractivity (Wildman–Crippen MR) is 97.7 cm³/mol. The van der Waals surface area contributed by atoms with Crippen LogP contribution in [-0.4, -0.2) is 37.8 Å². The SMILES string of the molecule is COc1ccc2c(c1)CCN(Cc1ccc3c(c1)OCCO3)[C@H](C)C2. The van der Waals surface area contributed by atoms with E-state index in [1.54, 1.807) is 7.11 Å². The highest BCUT2D eigenvalue weighted by atomic mass is 16.6. The predicted octanol–water partition coefficient (Wildman–Crippen LogP) is 3.46. The first-order chi connectivity index (χ1) is 12.2. The van der Waals surface area contributed by atoms with Crippen LogP contribution in [0.2, 0.25) is 0 Å². The highest BCUT2D eigenvalue weighted by molar-refractivity contribution is 5.44. The first-order valence-corrected chi connectivity index (χ1v) is 9.01. The van der Waals surface area contributed by atoms with Crippen molar-refractivity contribution < 1.29 is 14.2 Å². The quantitative estimate of drug-likeness (QED) is 0.857. The number of hydrogen-bond acceptors (Lipinski definition) is 4. The summed E-state index contributed by atoms with van der Waals surface area (Å²) in [5.74, 6) is 2.68. The molecular formula is C21H25NO3. The molecule has 2 aliphatic rings. The lowest BCUT2D eigenvalue weighted by Gasteiger charge is -2.27. The molecule has 0 N–H and O–H groups in total. The second-order valence-corrected chi connectivity index (χ2v) is 6.89. The van der Waals surface area contributed by atoms with Gasteiger partial charge in [0.05, 0.1) is 7.11 Å². The first-order valence-electron chi connectivity index (χ1n) is 9.01. The number of hydrogen-bond donors (Lipinski definition) is 0. The van der Waals surface area contributed by atoms with Crippen LogP contribution in [0.3, 0.4) is 0 Å². The second-order valence-electron chi connectivity index (χ2n) is 6.89. The van der Waals surface area contributed by atoms with Gasteiger partial charge in [-0.1, -0.05) is 12.1 Å². The molecule has 2 aromatic rings. The molecule has 2 aliphatic heterocycles. The van der Waals surface area contributed by atoms with Gasteiger partial charge >= 0.3 is 0 Å². The van der Waals surface area contributed by atoms with Crippen LogP contribution >= 0.6 is 0 Å². The van der Waals surface area contributed by atoms with Crippen molar-refractivity contribution in [1.82, 2.24) is 4.90 Å². The molecule has 0 saturated heterocycles. The van der Waals surface area contributed by atoms with E-state index in [-0.39, 0.29) is 0 Å². The van der Waals surface area contributed by atoms with Crippen molar-refractivity contribution in [2.75, 3.05) is 26.9 Å². The molecule has 0 radical (unpaired) electrons. The Balaban J connectivity index is 1.50. The molecule has 0 saturated carbocycles. The molecule has 2 heterocycles. The van der Waals surface area contributed by atoms with Gasteiger partial charge in [-0.25, -0.2) is 0 Å². The maximum atomic E-state index is 5.72. The van der Waals surface area contributed by atoms with Gasteiger partial charge in [0, 0.05) is 19.1 Å². The third-order valence-electron chi connectivity index (χ3n) is 5.21. The summed E-state index contributed by atoms with van der Waals surface area (Å²) in [4.78, 5) is 2.55. The molecule has 132 valence electrons. The van der Waals surface area contributed by atoms with Gasteiger partial charge in [-0.3, -0.25) is 4.90 Å². The smallest absolute Gasteiger partial charge is 0.161 e. The van der Waals surface area contributed by atoms with E-state index in [1.165, 1.54) is 16.7 Å². The van der Waals surface area contributed by atoms with Crippen LogP contribution in [0.1, 0.15) is 23.6 Å². The van der Waals surface area contributed by atoms with Crippen LogP contribution in [-0.2, 0) is 19.4 Å². The molecule has 0 aromatic heterocycles. The molecule has 0 amide bonds. The minimum atomic E-state index is 0.503. The van der Waals surface area contributed by atoms with Gasteiger partial charge in [-0.2, -0.15) is 0 Å². The molecule has 4 heteroatoms. The fourth-order valence-electron chi connectivity index (χ4n) is 3.75. The molecule has 4 rings (SSSR count). The van der Waals surface area contributed by atoms with E-state index in [0.717, 1.165) is 43.2 Å². The summed E-state index contributed by atoms with van der Waals surface area (Å²) in [6.07, 6.45) is 2.13. The normalized spacial score (nSPS) is 19.8. The molecule has 1 atom stereocenters. The molecule has 25 heavy (non-hydrogen) atoms. The Labute approximate surface area is 149 Å². The molecule has 0 bridgehead atoms. The second kappa shape index (κ2) is 6.96. The van der Waals surface area contributed by atoms with Gasteiger partial charge in [0.2, 0.25) is 0 Å². The third-order valence-corrected chi connectivity index (χ3v) is 5.21. The number of fused-ring (bicyclic) bond motifs is 2. The molecule has 4 nitrogen and oxygen atoms in total. The molecule has 2 aromatic carbocycles. The lowest BCUT2D eigenvalue weighted by Crippen LogP contribution is -2.34. The third kappa shape index (κ3) is 3.45. The Bertz CT molecular complexity index is 759. The number of nitrogens with zero attached hydrogens (tertiary/aromatic N) is 1. The number of benzene rings is 2. The number of rotatable bonds is 3. The average Bonchev–Trinajstić information content (AvgIpc) is 2.80. The van der Waals surface area contributed by atoms with Crippen molar-refractivity contribution in [3.63, 3.8) is 0 Å². The lowest BCUT2D eigenvalue weighted by atomic mass is 10.0.